The molecule has 1 amide bonds. The summed E-state index contributed by atoms with van der Waals surface area (Å²) in [6, 6.07) is 13.0. The normalized spacial score (nSPS) is 14.0. The SMILES string of the molecule is CCOC(=O)Oc1ccc(C(=O)N2CCN(c3nc4ccc(CC)cc4s3)CC2)cc1. The zero-order valence-corrected chi connectivity index (χ0v) is 18.5. The van der Waals surface area contributed by atoms with E-state index < -0.39 is 6.16 Å². The molecule has 2 aromatic carbocycles. The third-order valence-electron chi connectivity index (χ3n) is 5.25. The number of benzene rings is 2. The fraction of sp³-hybridized carbons (Fsp3) is 0.348. The molecule has 4 rings (SSSR count). The Labute approximate surface area is 185 Å². The van der Waals surface area contributed by atoms with E-state index in [-0.39, 0.29) is 12.5 Å². The Morgan fingerprint density at radius 2 is 1.77 bits per heavy atom. The number of anilines is 1. The fourth-order valence-corrected chi connectivity index (χ4v) is 4.59. The van der Waals surface area contributed by atoms with Gasteiger partial charge in [0.05, 0.1) is 16.8 Å². The van der Waals surface area contributed by atoms with E-state index in [0.29, 0.717) is 24.4 Å². The van der Waals surface area contributed by atoms with Gasteiger partial charge in [-0.25, -0.2) is 9.78 Å². The highest BCUT2D eigenvalue weighted by molar-refractivity contribution is 7.22. The molecule has 1 aliphatic heterocycles. The third-order valence-corrected chi connectivity index (χ3v) is 6.33. The Kier molecular flexibility index (Phi) is 6.36. The van der Waals surface area contributed by atoms with Crippen LogP contribution >= 0.6 is 11.3 Å². The molecule has 8 heteroatoms. The standard InChI is InChI=1S/C23H25N3O4S/c1-3-16-5-10-19-20(15-16)31-22(24-19)26-13-11-25(12-14-26)21(27)17-6-8-18(9-7-17)30-23(28)29-4-2/h5-10,15H,3-4,11-14H2,1-2H3. The number of fused-ring (bicyclic) bond motifs is 1. The van der Waals surface area contributed by atoms with Crippen LogP contribution in [0.2, 0.25) is 0 Å². The maximum atomic E-state index is 12.9. The Bertz CT molecular complexity index is 1070. The predicted octanol–water partition coefficient (Wildman–Crippen LogP) is 4.36. The van der Waals surface area contributed by atoms with Crippen molar-refractivity contribution >= 4 is 38.7 Å². The summed E-state index contributed by atoms with van der Waals surface area (Å²) in [4.78, 5) is 33.1. The number of carbonyl (C=O) groups excluding carboxylic acids is 2. The number of thiazole rings is 1. The molecule has 0 N–H and O–H groups in total. The predicted molar refractivity (Wildman–Crippen MR) is 121 cm³/mol. The van der Waals surface area contributed by atoms with Crippen LogP contribution in [-0.4, -0.2) is 54.7 Å². The van der Waals surface area contributed by atoms with Gasteiger partial charge in [-0.2, -0.15) is 0 Å². The molecule has 3 aromatic rings. The Morgan fingerprint density at radius 1 is 1.03 bits per heavy atom. The van der Waals surface area contributed by atoms with Crippen LogP contribution in [0.3, 0.4) is 0 Å². The van der Waals surface area contributed by atoms with Crippen molar-refractivity contribution in [3.63, 3.8) is 0 Å². The first-order valence-electron chi connectivity index (χ1n) is 10.5. The topological polar surface area (TPSA) is 72.0 Å². The van der Waals surface area contributed by atoms with Crippen LogP contribution in [0.4, 0.5) is 9.93 Å². The van der Waals surface area contributed by atoms with Gasteiger partial charge in [0.2, 0.25) is 0 Å². The molecule has 0 aliphatic carbocycles. The van der Waals surface area contributed by atoms with Gasteiger partial charge in [-0.3, -0.25) is 4.79 Å². The molecule has 1 aliphatic rings. The monoisotopic (exact) mass is 439 g/mol. The highest BCUT2D eigenvalue weighted by Gasteiger charge is 2.24. The number of rotatable bonds is 5. The first-order chi connectivity index (χ1) is 15.1. The Hall–Kier alpha value is -3.13. The highest BCUT2D eigenvalue weighted by atomic mass is 32.1. The maximum absolute atomic E-state index is 12.9. The van der Waals surface area contributed by atoms with Crippen LogP contribution in [0, 0.1) is 0 Å². The van der Waals surface area contributed by atoms with E-state index in [4.69, 9.17) is 14.5 Å². The molecule has 0 spiro atoms. The number of piperazine rings is 1. The molecule has 162 valence electrons. The molecule has 1 fully saturated rings. The van der Waals surface area contributed by atoms with E-state index in [0.717, 1.165) is 30.2 Å². The maximum Gasteiger partial charge on any atom is 0.513 e. The van der Waals surface area contributed by atoms with Crippen LogP contribution in [0.15, 0.2) is 42.5 Å². The van der Waals surface area contributed by atoms with Gasteiger partial charge in [0.25, 0.3) is 5.91 Å². The number of ether oxygens (including phenoxy) is 2. The largest absolute Gasteiger partial charge is 0.513 e. The number of aryl methyl sites for hydroxylation is 1. The van der Waals surface area contributed by atoms with Gasteiger partial charge in [-0.1, -0.05) is 24.3 Å². The van der Waals surface area contributed by atoms with E-state index in [1.807, 2.05) is 4.90 Å². The summed E-state index contributed by atoms with van der Waals surface area (Å²) < 4.78 is 11.0. The zero-order valence-electron chi connectivity index (χ0n) is 17.7. The van der Waals surface area contributed by atoms with Crippen molar-refractivity contribution < 1.29 is 19.1 Å². The lowest BCUT2D eigenvalue weighted by atomic mass is 10.1. The summed E-state index contributed by atoms with van der Waals surface area (Å²) in [5, 5.41) is 1.01. The lowest BCUT2D eigenvalue weighted by molar-refractivity contribution is 0.0746. The highest BCUT2D eigenvalue weighted by Crippen LogP contribution is 2.30. The quantitative estimate of drug-likeness (QED) is 0.435. The van der Waals surface area contributed by atoms with E-state index in [2.05, 4.69) is 30.0 Å². The zero-order chi connectivity index (χ0) is 21.8. The number of hydrogen-bond donors (Lipinski definition) is 0. The molecule has 0 radical (unpaired) electrons. The van der Waals surface area contributed by atoms with Gasteiger partial charge in [-0.05, 0) is 55.3 Å². The van der Waals surface area contributed by atoms with E-state index in [1.54, 1.807) is 42.5 Å². The molecule has 7 nitrogen and oxygen atoms in total. The second-order valence-electron chi connectivity index (χ2n) is 7.24. The van der Waals surface area contributed by atoms with Gasteiger partial charge in [0.15, 0.2) is 5.13 Å². The van der Waals surface area contributed by atoms with Gasteiger partial charge in [-0.15, -0.1) is 0 Å². The van der Waals surface area contributed by atoms with Crippen molar-refractivity contribution in [3.05, 3.63) is 53.6 Å². The fourth-order valence-electron chi connectivity index (χ4n) is 3.50. The molecule has 0 saturated carbocycles. The molecule has 2 heterocycles. The molecule has 0 bridgehead atoms. The average Bonchev–Trinajstić information content (AvgIpc) is 3.22. The van der Waals surface area contributed by atoms with Crippen LogP contribution in [-0.2, 0) is 11.2 Å². The molecular formula is C23H25N3O4S. The van der Waals surface area contributed by atoms with Crippen molar-refractivity contribution in [2.24, 2.45) is 0 Å². The van der Waals surface area contributed by atoms with Gasteiger partial charge < -0.3 is 19.3 Å². The number of aromatic nitrogens is 1. The van der Waals surface area contributed by atoms with Crippen LogP contribution in [0.5, 0.6) is 5.75 Å². The third kappa shape index (κ3) is 4.80. The number of amides is 1. The summed E-state index contributed by atoms with van der Waals surface area (Å²) in [6.45, 7) is 6.87. The van der Waals surface area contributed by atoms with E-state index in [1.165, 1.54) is 10.3 Å². The summed E-state index contributed by atoms with van der Waals surface area (Å²) in [6.07, 6.45) is 0.262. The van der Waals surface area contributed by atoms with Crippen molar-refractivity contribution in [3.8, 4) is 5.75 Å². The number of nitrogens with zero attached hydrogens (tertiary/aromatic N) is 3. The first-order valence-corrected chi connectivity index (χ1v) is 11.3. The van der Waals surface area contributed by atoms with E-state index >= 15 is 0 Å². The smallest absolute Gasteiger partial charge is 0.434 e. The molecule has 1 aromatic heterocycles. The van der Waals surface area contributed by atoms with Crippen molar-refractivity contribution in [2.45, 2.75) is 20.3 Å². The minimum Gasteiger partial charge on any atom is -0.434 e. The van der Waals surface area contributed by atoms with Crippen molar-refractivity contribution in [1.29, 1.82) is 0 Å². The van der Waals surface area contributed by atoms with Gasteiger partial charge in [0.1, 0.15) is 5.75 Å². The lowest BCUT2D eigenvalue weighted by Crippen LogP contribution is -2.48. The van der Waals surface area contributed by atoms with Gasteiger partial charge >= 0.3 is 6.16 Å². The Balaban J connectivity index is 1.36. The number of hydrogen-bond acceptors (Lipinski definition) is 7. The van der Waals surface area contributed by atoms with Crippen LogP contribution < -0.4 is 9.64 Å². The van der Waals surface area contributed by atoms with E-state index in [9.17, 15) is 9.59 Å². The minimum atomic E-state index is -0.751. The van der Waals surface area contributed by atoms with Gasteiger partial charge in [0, 0.05) is 31.7 Å². The summed E-state index contributed by atoms with van der Waals surface area (Å²) in [5.41, 5.74) is 2.91. The average molecular weight is 440 g/mol. The second-order valence-corrected chi connectivity index (χ2v) is 8.25. The molecule has 0 unspecified atom stereocenters. The lowest BCUT2D eigenvalue weighted by Gasteiger charge is -2.34. The molecule has 1 saturated heterocycles. The molecular weight excluding hydrogens is 414 g/mol. The van der Waals surface area contributed by atoms with Crippen LogP contribution in [0.25, 0.3) is 10.2 Å². The minimum absolute atomic E-state index is 0.0285. The van der Waals surface area contributed by atoms with Crippen LogP contribution in [0.1, 0.15) is 29.8 Å². The van der Waals surface area contributed by atoms with Crippen molar-refractivity contribution in [2.75, 3.05) is 37.7 Å². The second kappa shape index (κ2) is 9.34. The summed E-state index contributed by atoms with van der Waals surface area (Å²) in [7, 11) is 0. The van der Waals surface area contributed by atoms with Crippen molar-refractivity contribution in [1.82, 2.24) is 9.88 Å². The first kappa shape index (κ1) is 21.1. The Morgan fingerprint density at radius 3 is 2.45 bits per heavy atom. The summed E-state index contributed by atoms with van der Waals surface area (Å²) in [5.74, 6) is 0.320. The summed E-state index contributed by atoms with van der Waals surface area (Å²) >= 11 is 1.71. The molecule has 31 heavy (non-hydrogen) atoms. The number of carbonyl (C=O) groups is 2. The molecule has 0 atom stereocenters.